The molecule has 1 amide bonds. The molecule has 0 bridgehead atoms. The standard InChI is InChI=1S/C16H21NO2/c1-2-17(9-10-18)16(19)15-13-8-7-11-5-3-4-6-12(11)14(13)15/h3-6,13-15,18H,2,7-10H2,1H3. The Morgan fingerprint density at radius 3 is 2.95 bits per heavy atom. The van der Waals surface area contributed by atoms with E-state index in [0.29, 0.717) is 24.9 Å². The summed E-state index contributed by atoms with van der Waals surface area (Å²) in [5, 5.41) is 9.04. The van der Waals surface area contributed by atoms with Crippen molar-refractivity contribution in [2.24, 2.45) is 11.8 Å². The second-order valence-electron chi connectivity index (χ2n) is 5.59. The van der Waals surface area contributed by atoms with E-state index < -0.39 is 0 Å². The van der Waals surface area contributed by atoms with E-state index in [1.54, 1.807) is 4.90 Å². The normalized spacial score (nSPS) is 27.4. The van der Waals surface area contributed by atoms with Crippen molar-refractivity contribution in [3.8, 4) is 0 Å². The highest BCUT2D eigenvalue weighted by atomic mass is 16.3. The largest absolute Gasteiger partial charge is 0.395 e. The average Bonchev–Trinajstić information content (AvgIpc) is 3.19. The zero-order valence-corrected chi connectivity index (χ0v) is 11.4. The molecule has 2 aliphatic rings. The Labute approximate surface area is 114 Å². The summed E-state index contributed by atoms with van der Waals surface area (Å²) in [7, 11) is 0. The van der Waals surface area contributed by atoms with Crippen LogP contribution >= 0.6 is 0 Å². The number of hydrogen-bond acceptors (Lipinski definition) is 2. The van der Waals surface area contributed by atoms with Gasteiger partial charge in [0, 0.05) is 19.0 Å². The van der Waals surface area contributed by atoms with Gasteiger partial charge in [0.15, 0.2) is 0 Å². The van der Waals surface area contributed by atoms with E-state index in [9.17, 15) is 4.79 Å². The molecule has 1 aromatic carbocycles. The van der Waals surface area contributed by atoms with Gasteiger partial charge in [0.1, 0.15) is 0 Å². The lowest BCUT2D eigenvalue weighted by atomic mass is 9.92. The van der Waals surface area contributed by atoms with Crippen LogP contribution in [0.4, 0.5) is 0 Å². The zero-order chi connectivity index (χ0) is 13.4. The van der Waals surface area contributed by atoms with Crippen molar-refractivity contribution in [1.82, 2.24) is 4.90 Å². The van der Waals surface area contributed by atoms with E-state index in [2.05, 4.69) is 24.3 Å². The zero-order valence-electron chi connectivity index (χ0n) is 11.4. The van der Waals surface area contributed by atoms with Gasteiger partial charge in [0.25, 0.3) is 0 Å². The van der Waals surface area contributed by atoms with Gasteiger partial charge in [0.05, 0.1) is 6.61 Å². The Bertz CT molecular complexity index is 485. The van der Waals surface area contributed by atoms with Crippen LogP contribution in [-0.2, 0) is 11.2 Å². The molecule has 2 aliphatic carbocycles. The maximum atomic E-state index is 12.5. The number of nitrogens with zero attached hydrogens (tertiary/aromatic N) is 1. The van der Waals surface area contributed by atoms with Crippen molar-refractivity contribution in [2.45, 2.75) is 25.7 Å². The molecule has 0 saturated heterocycles. The number of rotatable bonds is 4. The predicted octanol–water partition coefficient (Wildman–Crippen LogP) is 1.80. The molecule has 3 rings (SSSR count). The van der Waals surface area contributed by atoms with Crippen molar-refractivity contribution in [2.75, 3.05) is 19.7 Å². The first kappa shape index (κ1) is 12.7. The van der Waals surface area contributed by atoms with Crippen molar-refractivity contribution in [1.29, 1.82) is 0 Å². The molecule has 1 fully saturated rings. The Balaban J connectivity index is 1.78. The van der Waals surface area contributed by atoms with Crippen LogP contribution in [0.5, 0.6) is 0 Å². The third-order valence-corrected chi connectivity index (χ3v) is 4.68. The number of aliphatic hydroxyl groups excluding tert-OH is 1. The molecule has 3 unspecified atom stereocenters. The number of aryl methyl sites for hydroxylation is 1. The number of amides is 1. The third kappa shape index (κ3) is 2.06. The van der Waals surface area contributed by atoms with E-state index in [0.717, 1.165) is 12.8 Å². The highest BCUT2D eigenvalue weighted by molar-refractivity contribution is 5.84. The molecule has 0 radical (unpaired) electrons. The molecule has 1 aromatic rings. The quantitative estimate of drug-likeness (QED) is 0.895. The summed E-state index contributed by atoms with van der Waals surface area (Å²) in [5.41, 5.74) is 2.81. The van der Waals surface area contributed by atoms with Gasteiger partial charge in [0.2, 0.25) is 5.91 Å². The van der Waals surface area contributed by atoms with Crippen molar-refractivity contribution in [3.63, 3.8) is 0 Å². The van der Waals surface area contributed by atoms with Crippen molar-refractivity contribution in [3.05, 3.63) is 35.4 Å². The van der Waals surface area contributed by atoms with Crippen LogP contribution in [0.3, 0.4) is 0 Å². The second-order valence-corrected chi connectivity index (χ2v) is 5.59. The summed E-state index contributed by atoms with van der Waals surface area (Å²) in [6.45, 7) is 3.19. The Hall–Kier alpha value is -1.35. The topological polar surface area (TPSA) is 40.5 Å². The smallest absolute Gasteiger partial charge is 0.226 e. The van der Waals surface area contributed by atoms with E-state index in [1.165, 1.54) is 11.1 Å². The van der Waals surface area contributed by atoms with Crippen LogP contribution in [0.2, 0.25) is 0 Å². The van der Waals surface area contributed by atoms with Crippen LogP contribution in [0.15, 0.2) is 24.3 Å². The number of benzene rings is 1. The molecule has 0 heterocycles. The van der Waals surface area contributed by atoms with E-state index in [-0.39, 0.29) is 18.4 Å². The third-order valence-electron chi connectivity index (χ3n) is 4.68. The number of carbonyl (C=O) groups is 1. The summed E-state index contributed by atoms with van der Waals surface area (Å²) in [5.74, 6) is 1.37. The molecule has 3 nitrogen and oxygen atoms in total. The van der Waals surface area contributed by atoms with Crippen LogP contribution in [-0.4, -0.2) is 35.6 Å². The van der Waals surface area contributed by atoms with Crippen molar-refractivity contribution >= 4 is 5.91 Å². The lowest BCUT2D eigenvalue weighted by Gasteiger charge is -2.19. The summed E-state index contributed by atoms with van der Waals surface area (Å²) >= 11 is 0. The van der Waals surface area contributed by atoms with E-state index >= 15 is 0 Å². The summed E-state index contributed by atoms with van der Waals surface area (Å²) < 4.78 is 0. The Morgan fingerprint density at radius 1 is 1.42 bits per heavy atom. The second kappa shape index (κ2) is 4.97. The Kier molecular flexibility index (Phi) is 3.31. The first-order valence-corrected chi connectivity index (χ1v) is 7.25. The number of hydrogen-bond donors (Lipinski definition) is 1. The van der Waals surface area contributed by atoms with Gasteiger partial charge in [-0.2, -0.15) is 0 Å². The highest BCUT2D eigenvalue weighted by Gasteiger charge is 2.57. The summed E-state index contributed by atoms with van der Waals surface area (Å²) in [6.07, 6.45) is 2.24. The minimum absolute atomic E-state index is 0.0538. The first-order chi connectivity index (χ1) is 9.27. The van der Waals surface area contributed by atoms with Gasteiger partial charge in [-0.25, -0.2) is 0 Å². The molecule has 102 valence electrons. The lowest BCUT2D eigenvalue weighted by molar-refractivity contribution is -0.133. The van der Waals surface area contributed by atoms with Crippen molar-refractivity contribution < 1.29 is 9.90 Å². The van der Waals surface area contributed by atoms with Gasteiger partial charge in [-0.05, 0) is 42.7 Å². The number of carbonyl (C=O) groups excluding carboxylic acids is 1. The van der Waals surface area contributed by atoms with Gasteiger partial charge in [-0.1, -0.05) is 24.3 Å². The summed E-state index contributed by atoms with van der Waals surface area (Å²) in [6, 6.07) is 8.54. The lowest BCUT2D eigenvalue weighted by Crippen LogP contribution is -2.35. The number of aliphatic hydroxyl groups is 1. The van der Waals surface area contributed by atoms with E-state index in [1.807, 2.05) is 6.92 Å². The minimum Gasteiger partial charge on any atom is -0.395 e. The maximum absolute atomic E-state index is 12.5. The summed E-state index contributed by atoms with van der Waals surface area (Å²) in [4.78, 5) is 14.3. The highest BCUT2D eigenvalue weighted by Crippen LogP contribution is 2.60. The van der Waals surface area contributed by atoms with Crippen LogP contribution < -0.4 is 0 Å². The fourth-order valence-electron chi connectivity index (χ4n) is 3.66. The fourth-order valence-corrected chi connectivity index (χ4v) is 3.66. The molecule has 0 aromatic heterocycles. The first-order valence-electron chi connectivity index (χ1n) is 7.25. The van der Waals surface area contributed by atoms with Gasteiger partial charge in [-0.3, -0.25) is 4.79 Å². The molecule has 1 N–H and O–H groups in total. The van der Waals surface area contributed by atoms with Gasteiger partial charge < -0.3 is 10.0 Å². The number of fused-ring (bicyclic) bond motifs is 3. The van der Waals surface area contributed by atoms with Crippen LogP contribution in [0.25, 0.3) is 0 Å². The molecular formula is C16H21NO2. The minimum atomic E-state index is 0.0538. The van der Waals surface area contributed by atoms with Gasteiger partial charge in [-0.15, -0.1) is 0 Å². The monoisotopic (exact) mass is 259 g/mol. The van der Waals surface area contributed by atoms with E-state index in [4.69, 9.17) is 5.11 Å². The number of likely N-dealkylation sites (N-methyl/N-ethyl adjacent to an activating group) is 1. The van der Waals surface area contributed by atoms with Crippen LogP contribution in [0.1, 0.15) is 30.4 Å². The molecule has 0 aliphatic heterocycles. The molecular weight excluding hydrogens is 238 g/mol. The molecule has 1 saturated carbocycles. The van der Waals surface area contributed by atoms with Gasteiger partial charge >= 0.3 is 0 Å². The Morgan fingerprint density at radius 2 is 2.21 bits per heavy atom. The van der Waals surface area contributed by atoms with Crippen LogP contribution in [0, 0.1) is 11.8 Å². The molecule has 3 heteroatoms. The predicted molar refractivity (Wildman–Crippen MR) is 73.8 cm³/mol. The fraction of sp³-hybridized carbons (Fsp3) is 0.562. The average molecular weight is 259 g/mol. The molecule has 0 spiro atoms. The molecule has 19 heavy (non-hydrogen) atoms. The molecule has 3 atom stereocenters. The SMILES string of the molecule is CCN(CCO)C(=O)C1C2CCc3ccccc3C21. The maximum Gasteiger partial charge on any atom is 0.226 e.